The van der Waals surface area contributed by atoms with Crippen LogP contribution in [0.1, 0.15) is 12.8 Å². The molecule has 0 aromatic rings. The van der Waals surface area contributed by atoms with Crippen molar-refractivity contribution in [1.29, 1.82) is 0 Å². The van der Waals surface area contributed by atoms with Gasteiger partial charge in [0.25, 0.3) is 0 Å². The zero-order valence-corrected chi connectivity index (χ0v) is 15.3. The van der Waals surface area contributed by atoms with Crippen molar-refractivity contribution in [1.82, 2.24) is 0 Å². The van der Waals surface area contributed by atoms with Crippen LogP contribution in [0.2, 0.25) is 0 Å². The first-order valence-corrected chi connectivity index (χ1v) is 3.67. The Labute approximate surface area is 177 Å². The van der Waals surface area contributed by atoms with E-state index < -0.39 is 36.9 Å². The third-order valence-electron chi connectivity index (χ3n) is 1.25. The molecule has 0 heterocycles. The average Bonchev–Trinajstić information content (AvgIpc) is 2.00. The van der Waals surface area contributed by atoms with Crippen molar-refractivity contribution in [2.45, 2.75) is 18.9 Å². The summed E-state index contributed by atoms with van der Waals surface area (Å²) in [5.41, 5.74) is 0. The Balaban J connectivity index is -0.000000845. The first-order chi connectivity index (χ1) is 6.43. The summed E-state index contributed by atoms with van der Waals surface area (Å²) >= 11 is 0. The van der Waals surface area contributed by atoms with Crippen LogP contribution in [0.25, 0.3) is 0 Å². The maximum atomic E-state index is 10.2. The van der Waals surface area contributed by atoms with Crippen LogP contribution >= 0.6 is 0 Å². The Morgan fingerprint density at radius 2 is 1.69 bits per heavy atom. The second kappa shape index (κ2) is 13.1. The van der Waals surface area contributed by atoms with Gasteiger partial charge in [0.1, 0.15) is 6.10 Å². The van der Waals surface area contributed by atoms with Crippen LogP contribution in [-0.2, 0) is 19.1 Å². The molecule has 0 fully saturated rings. The van der Waals surface area contributed by atoms with Gasteiger partial charge >= 0.3 is 109 Å². The number of carbonyl (C=O) groups excluding carboxylic acids is 2. The quantitative estimate of drug-likeness (QED) is 0.459. The maximum Gasteiger partial charge on any atom is 1.00 e. The molecule has 0 amide bonds. The number of carbonyl (C=O) groups is 3. The third-order valence-corrected chi connectivity index (χ3v) is 1.25. The van der Waals surface area contributed by atoms with Gasteiger partial charge in [-0.3, -0.25) is 4.79 Å². The molecule has 0 aromatic heterocycles. The first kappa shape index (κ1) is 22.8. The second-order valence-electron chi connectivity index (χ2n) is 2.40. The Hall–Kier alpha value is 1.64. The monoisotopic (exact) mass is 282 g/mol. The molecule has 0 rings (SSSR count). The van der Waals surface area contributed by atoms with Crippen molar-refractivity contribution in [2.24, 2.45) is 0 Å². The van der Waals surface area contributed by atoms with Gasteiger partial charge in [-0.05, 0) is 0 Å². The van der Waals surface area contributed by atoms with Gasteiger partial charge in [0, 0.05) is 12.4 Å². The predicted molar refractivity (Wildman–Crippen MR) is 36.6 cm³/mol. The van der Waals surface area contributed by atoms with Gasteiger partial charge in [-0.25, -0.2) is 0 Å². The van der Waals surface area contributed by atoms with E-state index in [0.717, 1.165) is 0 Å². The third kappa shape index (κ3) is 13.7. The van der Waals surface area contributed by atoms with E-state index in [9.17, 15) is 24.6 Å². The van der Waals surface area contributed by atoms with Gasteiger partial charge < -0.3 is 29.6 Å². The van der Waals surface area contributed by atoms with Crippen molar-refractivity contribution >= 4 is 17.9 Å². The molecule has 1 atom stereocenters. The maximum absolute atomic E-state index is 10.2. The molecule has 0 bridgehead atoms. The Morgan fingerprint density at radius 1 is 1.19 bits per heavy atom. The molecule has 1 N–H and O–H groups in total. The molecular weight excluding hydrogens is 274 g/mol. The van der Waals surface area contributed by atoms with Crippen LogP contribution in [-0.4, -0.2) is 35.7 Å². The van der Waals surface area contributed by atoms with Gasteiger partial charge in [0.2, 0.25) is 0 Å². The standard InChI is InChI=1S/C7H10O7.2K/c8-5(9)1-2-14-4(7(12)13)3-6(10)11;;/h4H,1-3H2,(H,8,9)(H,10,11)(H,12,13);;/q;2*+1/p-2. The molecule has 0 spiro atoms. The molecular formula is C7H8K2O7. The number of aliphatic carboxylic acids is 3. The molecule has 0 aliphatic heterocycles. The number of ether oxygens (including phenoxy) is 1. The molecule has 0 aromatic carbocycles. The van der Waals surface area contributed by atoms with Crippen molar-refractivity contribution < 1.29 is 137 Å². The van der Waals surface area contributed by atoms with Gasteiger partial charge in [-0.1, -0.05) is 0 Å². The van der Waals surface area contributed by atoms with Crippen LogP contribution in [0, 0.1) is 0 Å². The normalized spacial score (nSPS) is 10.5. The average molecular weight is 282 g/mol. The fraction of sp³-hybridized carbons (Fsp3) is 0.571. The van der Waals surface area contributed by atoms with Crippen molar-refractivity contribution in [3.05, 3.63) is 0 Å². The summed E-state index contributed by atoms with van der Waals surface area (Å²) in [6, 6.07) is 0. The van der Waals surface area contributed by atoms with E-state index in [2.05, 4.69) is 4.74 Å². The van der Waals surface area contributed by atoms with Crippen molar-refractivity contribution in [3.63, 3.8) is 0 Å². The molecule has 0 aliphatic carbocycles. The minimum absolute atomic E-state index is 0. The summed E-state index contributed by atoms with van der Waals surface area (Å²) in [6.07, 6.45) is -2.93. The summed E-state index contributed by atoms with van der Waals surface area (Å²) in [4.78, 5) is 30.2. The minimum atomic E-state index is -1.71. The molecule has 0 radical (unpaired) electrons. The summed E-state index contributed by atoms with van der Waals surface area (Å²) in [7, 11) is 0. The van der Waals surface area contributed by atoms with Gasteiger partial charge in [-0.2, -0.15) is 0 Å². The van der Waals surface area contributed by atoms with Crippen LogP contribution in [0.15, 0.2) is 0 Å². The SMILES string of the molecule is O=C([O-])CC(OCCC(=O)O)C(=O)[O-].[K+].[K+]. The zero-order valence-electron chi connectivity index (χ0n) is 9.10. The van der Waals surface area contributed by atoms with E-state index in [1.807, 2.05) is 0 Å². The molecule has 9 heteroatoms. The summed E-state index contributed by atoms with van der Waals surface area (Å²) in [5, 5.41) is 28.4. The second-order valence-corrected chi connectivity index (χ2v) is 2.40. The molecule has 0 saturated heterocycles. The molecule has 0 saturated carbocycles. The number of carboxylic acids is 3. The van der Waals surface area contributed by atoms with E-state index >= 15 is 0 Å². The smallest absolute Gasteiger partial charge is 0.550 e. The van der Waals surface area contributed by atoms with Crippen LogP contribution in [0.4, 0.5) is 0 Å². The number of hydrogen-bond acceptors (Lipinski definition) is 6. The fourth-order valence-electron chi connectivity index (χ4n) is 0.650. The largest absolute Gasteiger partial charge is 1.00 e. The summed E-state index contributed by atoms with van der Waals surface area (Å²) in [5.74, 6) is -4.48. The van der Waals surface area contributed by atoms with Crippen LogP contribution < -0.4 is 113 Å². The van der Waals surface area contributed by atoms with E-state index in [4.69, 9.17) is 5.11 Å². The van der Waals surface area contributed by atoms with Crippen LogP contribution in [0.5, 0.6) is 0 Å². The first-order valence-electron chi connectivity index (χ1n) is 3.67. The number of rotatable bonds is 7. The van der Waals surface area contributed by atoms with Crippen LogP contribution in [0.3, 0.4) is 0 Å². The van der Waals surface area contributed by atoms with E-state index in [1.165, 1.54) is 0 Å². The Bertz CT molecular complexity index is 243. The molecule has 1 unspecified atom stereocenters. The number of hydrogen-bond donors (Lipinski definition) is 1. The summed E-state index contributed by atoms with van der Waals surface area (Å²) in [6.45, 7) is -0.388. The summed E-state index contributed by atoms with van der Waals surface area (Å²) < 4.78 is 4.46. The molecule has 0 aliphatic rings. The van der Waals surface area contributed by atoms with Crippen molar-refractivity contribution in [2.75, 3.05) is 6.61 Å². The van der Waals surface area contributed by atoms with Gasteiger partial charge in [0.15, 0.2) is 0 Å². The fourth-order valence-corrected chi connectivity index (χ4v) is 0.650. The number of carboxylic acid groups (broad SMARTS) is 3. The zero-order chi connectivity index (χ0) is 11.1. The predicted octanol–water partition coefficient (Wildman–Crippen LogP) is -9.26. The topological polar surface area (TPSA) is 127 Å². The molecule has 16 heavy (non-hydrogen) atoms. The Morgan fingerprint density at radius 3 is 2.00 bits per heavy atom. The van der Waals surface area contributed by atoms with Gasteiger partial charge in [-0.15, -0.1) is 0 Å². The van der Waals surface area contributed by atoms with E-state index in [0.29, 0.717) is 0 Å². The molecule has 7 nitrogen and oxygen atoms in total. The van der Waals surface area contributed by atoms with E-state index in [1.54, 1.807) is 0 Å². The Kier molecular flexibility index (Phi) is 18.6. The molecule has 80 valence electrons. The van der Waals surface area contributed by atoms with E-state index in [-0.39, 0.29) is 109 Å². The van der Waals surface area contributed by atoms with Crippen molar-refractivity contribution in [3.8, 4) is 0 Å². The minimum Gasteiger partial charge on any atom is -0.550 e. The van der Waals surface area contributed by atoms with Gasteiger partial charge in [0.05, 0.1) is 19.0 Å².